The number of piperazine rings is 1. The fourth-order valence-corrected chi connectivity index (χ4v) is 3.18. The lowest BCUT2D eigenvalue weighted by Gasteiger charge is -2.36. The van der Waals surface area contributed by atoms with Crippen LogP contribution in [0.1, 0.15) is 5.56 Å². The van der Waals surface area contributed by atoms with E-state index in [-0.39, 0.29) is 30.6 Å². The van der Waals surface area contributed by atoms with Gasteiger partial charge in [-0.25, -0.2) is 4.39 Å². The Balaban J connectivity index is 1.43. The quantitative estimate of drug-likeness (QED) is 0.824. The number of methoxy groups -OCH3 is 1. The maximum Gasteiger partial charge on any atom is 0.242 e. The molecular weight excluding hydrogens is 361 g/mol. The van der Waals surface area contributed by atoms with E-state index in [4.69, 9.17) is 4.74 Å². The fraction of sp³-hybridized carbons (Fsp3) is 0.333. The topological polar surface area (TPSA) is 61.9 Å². The zero-order valence-corrected chi connectivity index (χ0v) is 15.9. The molecule has 0 radical (unpaired) electrons. The molecule has 0 aromatic heterocycles. The molecule has 0 spiro atoms. The van der Waals surface area contributed by atoms with Gasteiger partial charge in [0.2, 0.25) is 11.8 Å². The molecule has 1 saturated heterocycles. The van der Waals surface area contributed by atoms with Gasteiger partial charge in [-0.05, 0) is 29.8 Å². The van der Waals surface area contributed by atoms with Crippen molar-refractivity contribution in [2.24, 2.45) is 0 Å². The van der Waals surface area contributed by atoms with E-state index < -0.39 is 0 Å². The van der Waals surface area contributed by atoms with Gasteiger partial charge in [0, 0.05) is 26.2 Å². The van der Waals surface area contributed by atoms with Gasteiger partial charge in [0.25, 0.3) is 0 Å². The molecule has 1 N–H and O–H groups in total. The largest absolute Gasteiger partial charge is 0.497 e. The second-order valence-electron chi connectivity index (χ2n) is 6.62. The second-order valence-corrected chi connectivity index (χ2v) is 6.62. The molecule has 1 aliphatic rings. The first-order valence-corrected chi connectivity index (χ1v) is 9.23. The summed E-state index contributed by atoms with van der Waals surface area (Å²) in [4.78, 5) is 28.0. The molecule has 2 aromatic rings. The van der Waals surface area contributed by atoms with E-state index in [9.17, 15) is 14.0 Å². The van der Waals surface area contributed by atoms with Crippen LogP contribution >= 0.6 is 0 Å². The van der Waals surface area contributed by atoms with E-state index in [1.54, 1.807) is 42.3 Å². The number of amides is 2. The van der Waals surface area contributed by atoms with Crippen molar-refractivity contribution < 1.29 is 18.7 Å². The number of hydrogen-bond donors (Lipinski definition) is 1. The minimum Gasteiger partial charge on any atom is -0.497 e. The van der Waals surface area contributed by atoms with E-state index in [1.165, 1.54) is 6.07 Å². The Morgan fingerprint density at radius 2 is 1.71 bits per heavy atom. The number of carbonyl (C=O) groups is 2. The highest BCUT2D eigenvalue weighted by atomic mass is 19.1. The van der Waals surface area contributed by atoms with Gasteiger partial charge in [-0.3, -0.25) is 9.59 Å². The molecule has 0 aliphatic carbocycles. The highest BCUT2D eigenvalue weighted by molar-refractivity contribution is 5.85. The third-order valence-electron chi connectivity index (χ3n) is 4.79. The number of rotatable bonds is 6. The van der Waals surface area contributed by atoms with Crippen molar-refractivity contribution in [3.8, 4) is 5.75 Å². The van der Waals surface area contributed by atoms with Gasteiger partial charge in [-0.15, -0.1) is 0 Å². The minimum atomic E-state index is -0.256. The summed E-state index contributed by atoms with van der Waals surface area (Å²) in [6.45, 7) is 2.09. The third-order valence-corrected chi connectivity index (χ3v) is 4.79. The standard InChI is InChI=1S/C21H24FN3O3/c1-28-17-8-6-16(7-9-17)14-20(26)23-15-21(27)25-12-10-24(11-13-25)19-5-3-2-4-18(19)22/h2-9H,10-15H2,1H3,(H,23,26). The monoisotopic (exact) mass is 385 g/mol. The summed E-state index contributed by atoms with van der Waals surface area (Å²) in [5.74, 6) is 0.140. The Morgan fingerprint density at radius 1 is 1.04 bits per heavy atom. The van der Waals surface area contributed by atoms with Crippen LogP contribution in [0.15, 0.2) is 48.5 Å². The molecule has 3 rings (SSSR count). The fourth-order valence-electron chi connectivity index (χ4n) is 3.18. The normalized spacial score (nSPS) is 13.9. The van der Waals surface area contributed by atoms with Crippen molar-refractivity contribution in [1.29, 1.82) is 0 Å². The van der Waals surface area contributed by atoms with Crippen LogP contribution in [0.2, 0.25) is 0 Å². The summed E-state index contributed by atoms with van der Waals surface area (Å²) in [5, 5.41) is 2.67. The maximum atomic E-state index is 13.9. The average Bonchev–Trinajstić information content (AvgIpc) is 2.73. The summed E-state index contributed by atoms with van der Waals surface area (Å²) in [7, 11) is 1.59. The molecule has 0 atom stereocenters. The van der Waals surface area contributed by atoms with Gasteiger partial charge >= 0.3 is 0 Å². The Bertz CT molecular complexity index is 818. The lowest BCUT2D eigenvalue weighted by molar-refractivity contribution is -0.133. The van der Waals surface area contributed by atoms with Gasteiger partial charge in [0.15, 0.2) is 0 Å². The average molecular weight is 385 g/mol. The Labute approximate surface area is 163 Å². The number of anilines is 1. The molecule has 0 bridgehead atoms. The molecule has 148 valence electrons. The Morgan fingerprint density at radius 3 is 2.36 bits per heavy atom. The van der Waals surface area contributed by atoms with Crippen LogP contribution in [0, 0.1) is 5.82 Å². The van der Waals surface area contributed by atoms with E-state index >= 15 is 0 Å². The molecule has 7 heteroatoms. The highest BCUT2D eigenvalue weighted by Crippen LogP contribution is 2.20. The Hall–Kier alpha value is -3.09. The maximum absolute atomic E-state index is 13.9. The van der Waals surface area contributed by atoms with Gasteiger partial charge < -0.3 is 19.9 Å². The van der Waals surface area contributed by atoms with E-state index in [2.05, 4.69) is 5.32 Å². The molecular formula is C21H24FN3O3. The number of halogens is 1. The van der Waals surface area contributed by atoms with E-state index in [0.717, 1.165) is 11.3 Å². The molecule has 1 aliphatic heterocycles. The van der Waals surface area contributed by atoms with Crippen molar-refractivity contribution in [2.45, 2.75) is 6.42 Å². The molecule has 28 heavy (non-hydrogen) atoms. The summed E-state index contributed by atoms with van der Waals surface area (Å²) in [6.07, 6.45) is 0.207. The minimum absolute atomic E-state index is 0.0330. The van der Waals surface area contributed by atoms with Gasteiger partial charge in [0.1, 0.15) is 11.6 Å². The molecule has 2 aromatic carbocycles. The summed E-state index contributed by atoms with van der Waals surface area (Å²) < 4.78 is 19.0. The highest BCUT2D eigenvalue weighted by Gasteiger charge is 2.22. The van der Waals surface area contributed by atoms with E-state index in [0.29, 0.717) is 31.9 Å². The van der Waals surface area contributed by atoms with Crippen LogP contribution in [0.3, 0.4) is 0 Å². The number of nitrogens with zero attached hydrogens (tertiary/aromatic N) is 2. The summed E-state index contributed by atoms with van der Waals surface area (Å²) in [5.41, 5.74) is 1.41. The summed E-state index contributed by atoms with van der Waals surface area (Å²) >= 11 is 0. The van der Waals surface area contributed by atoms with Crippen LogP contribution in [0.25, 0.3) is 0 Å². The lowest BCUT2D eigenvalue weighted by Crippen LogP contribution is -2.51. The van der Waals surface area contributed by atoms with Gasteiger partial charge in [-0.1, -0.05) is 24.3 Å². The third kappa shape index (κ3) is 5.00. The zero-order valence-electron chi connectivity index (χ0n) is 15.9. The predicted octanol–water partition coefficient (Wildman–Crippen LogP) is 1.84. The smallest absolute Gasteiger partial charge is 0.242 e. The molecule has 1 heterocycles. The van der Waals surface area contributed by atoms with Crippen LogP contribution in [-0.4, -0.2) is 56.5 Å². The van der Waals surface area contributed by atoms with Gasteiger partial charge in [0.05, 0.1) is 25.8 Å². The van der Waals surface area contributed by atoms with Crippen molar-refractivity contribution in [2.75, 3.05) is 44.7 Å². The molecule has 1 fully saturated rings. The number of benzene rings is 2. The molecule has 0 unspecified atom stereocenters. The Kier molecular flexibility index (Phi) is 6.47. The van der Waals surface area contributed by atoms with E-state index in [1.807, 2.05) is 17.0 Å². The van der Waals surface area contributed by atoms with Crippen LogP contribution in [-0.2, 0) is 16.0 Å². The van der Waals surface area contributed by atoms with Crippen molar-refractivity contribution in [3.05, 3.63) is 59.9 Å². The van der Waals surface area contributed by atoms with Crippen LogP contribution in [0.4, 0.5) is 10.1 Å². The van der Waals surface area contributed by atoms with Crippen molar-refractivity contribution >= 4 is 17.5 Å². The number of hydrogen-bond acceptors (Lipinski definition) is 4. The van der Waals surface area contributed by atoms with Crippen molar-refractivity contribution in [3.63, 3.8) is 0 Å². The van der Waals surface area contributed by atoms with Crippen molar-refractivity contribution in [1.82, 2.24) is 10.2 Å². The number of ether oxygens (including phenoxy) is 1. The number of nitrogens with one attached hydrogen (secondary N) is 1. The SMILES string of the molecule is COc1ccc(CC(=O)NCC(=O)N2CCN(c3ccccc3F)CC2)cc1. The lowest BCUT2D eigenvalue weighted by atomic mass is 10.1. The molecule has 2 amide bonds. The van der Waals surface area contributed by atoms with Crippen LogP contribution in [0.5, 0.6) is 5.75 Å². The number of para-hydroxylation sites is 1. The zero-order chi connectivity index (χ0) is 19.9. The summed E-state index contributed by atoms with van der Waals surface area (Å²) in [6, 6.07) is 13.9. The second kappa shape index (κ2) is 9.21. The van der Waals surface area contributed by atoms with Gasteiger partial charge in [-0.2, -0.15) is 0 Å². The van der Waals surface area contributed by atoms with Crippen LogP contribution < -0.4 is 15.0 Å². The molecule has 6 nitrogen and oxygen atoms in total. The number of carbonyl (C=O) groups excluding carboxylic acids is 2. The predicted molar refractivity (Wildman–Crippen MR) is 105 cm³/mol. The first-order valence-electron chi connectivity index (χ1n) is 9.23. The first-order chi connectivity index (χ1) is 13.6. The first kappa shape index (κ1) is 19.7. The molecule has 0 saturated carbocycles.